The van der Waals surface area contributed by atoms with E-state index in [1.165, 1.54) is 23.8 Å². The lowest BCUT2D eigenvalue weighted by atomic mass is 9.89. The molecule has 0 spiro atoms. The van der Waals surface area contributed by atoms with E-state index in [1.54, 1.807) is 6.20 Å². The number of hydrogen-bond donors (Lipinski definition) is 3. The van der Waals surface area contributed by atoms with Gasteiger partial charge in [-0.1, -0.05) is 30.3 Å². The number of pyridine rings is 1. The predicted octanol–water partition coefficient (Wildman–Crippen LogP) is 3.20. The zero-order valence-electron chi connectivity index (χ0n) is 18.0. The number of carbonyl (C=O) groups is 1. The standard InChI is InChI=1S/C24H29FN4O3/c25-20-14-19(9-10-21(30)29-32-22-8-4-5-13-31-22)16-27-23(20)28-24(11-12-26-17-24)15-18-6-2-1-3-7-18/h1-3,6-7,9-10,14,16,22,26H,4-5,8,11-13,15,17H2,(H,27,28)(H,29,30)/b10-9+/t22?,24-/m0/s1. The summed E-state index contributed by atoms with van der Waals surface area (Å²) in [6.45, 7) is 2.23. The van der Waals surface area contributed by atoms with Crippen LogP contribution < -0.4 is 16.1 Å². The van der Waals surface area contributed by atoms with Crippen LogP contribution in [0.25, 0.3) is 6.08 Å². The van der Waals surface area contributed by atoms with Crippen LogP contribution in [0.1, 0.15) is 36.8 Å². The maximum atomic E-state index is 14.8. The van der Waals surface area contributed by atoms with E-state index in [9.17, 15) is 9.18 Å². The number of ether oxygens (including phenoxy) is 1. The van der Waals surface area contributed by atoms with Crippen molar-refractivity contribution in [3.63, 3.8) is 0 Å². The van der Waals surface area contributed by atoms with Crippen molar-refractivity contribution in [2.24, 2.45) is 0 Å². The van der Waals surface area contributed by atoms with Crippen molar-refractivity contribution in [1.29, 1.82) is 0 Å². The summed E-state index contributed by atoms with van der Waals surface area (Å²) in [6.07, 6.45) is 8.30. The number of rotatable bonds is 8. The number of hydroxylamine groups is 1. The van der Waals surface area contributed by atoms with E-state index in [1.807, 2.05) is 18.2 Å². The number of aromatic nitrogens is 1. The summed E-state index contributed by atoms with van der Waals surface area (Å²) in [5, 5.41) is 6.70. The van der Waals surface area contributed by atoms with Gasteiger partial charge in [-0.25, -0.2) is 19.7 Å². The van der Waals surface area contributed by atoms with Gasteiger partial charge in [0.15, 0.2) is 17.9 Å². The lowest BCUT2D eigenvalue weighted by Crippen LogP contribution is -2.43. The summed E-state index contributed by atoms with van der Waals surface area (Å²) < 4.78 is 20.2. The van der Waals surface area contributed by atoms with E-state index in [0.29, 0.717) is 12.2 Å². The van der Waals surface area contributed by atoms with E-state index in [0.717, 1.165) is 45.2 Å². The minimum atomic E-state index is -0.459. The Morgan fingerprint density at radius 2 is 2.22 bits per heavy atom. The minimum Gasteiger partial charge on any atom is -0.361 e. The zero-order chi connectivity index (χ0) is 22.2. The zero-order valence-corrected chi connectivity index (χ0v) is 18.0. The fraction of sp³-hybridized carbons (Fsp3) is 0.417. The lowest BCUT2D eigenvalue weighted by molar-refractivity contribution is -0.198. The van der Waals surface area contributed by atoms with E-state index in [2.05, 4.69) is 33.2 Å². The monoisotopic (exact) mass is 440 g/mol. The largest absolute Gasteiger partial charge is 0.361 e. The molecule has 7 nitrogen and oxygen atoms in total. The molecule has 1 aromatic heterocycles. The van der Waals surface area contributed by atoms with Gasteiger partial charge < -0.3 is 15.4 Å². The second-order valence-corrected chi connectivity index (χ2v) is 8.31. The van der Waals surface area contributed by atoms with Gasteiger partial charge in [-0.2, -0.15) is 0 Å². The molecule has 2 fully saturated rings. The molecular formula is C24H29FN4O3. The second-order valence-electron chi connectivity index (χ2n) is 8.31. The van der Waals surface area contributed by atoms with Gasteiger partial charge in [-0.05, 0) is 55.5 Å². The molecular weight excluding hydrogens is 411 g/mol. The molecule has 1 aromatic carbocycles. The Bertz CT molecular complexity index is 926. The van der Waals surface area contributed by atoms with Crippen molar-refractivity contribution < 1.29 is 18.8 Å². The molecule has 2 aliphatic rings. The number of benzene rings is 1. The highest BCUT2D eigenvalue weighted by atomic mass is 19.1. The molecule has 0 saturated carbocycles. The van der Waals surface area contributed by atoms with Gasteiger partial charge in [-0.3, -0.25) is 4.79 Å². The molecule has 0 bridgehead atoms. The fourth-order valence-electron chi connectivity index (χ4n) is 4.05. The highest BCUT2D eigenvalue weighted by Crippen LogP contribution is 2.27. The maximum Gasteiger partial charge on any atom is 0.267 e. The number of anilines is 1. The molecule has 1 amide bonds. The van der Waals surface area contributed by atoms with Gasteiger partial charge in [0.2, 0.25) is 0 Å². The molecule has 0 radical (unpaired) electrons. The molecule has 0 aliphatic carbocycles. The first-order chi connectivity index (χ1) is 15.6. The SMILES string of the molecule is O=C(/C=C/c1cnc(N[C@]2(Cc3ccccc3)CCNC2)c(F)c1)NOC1CCCCO1. The number of amides is 1. The van der Waals surface area contributed by atoms with Crippen LogP contribution in [-0.4, -0.2) is 42.4 Å². The van der Waals surface area contributed by atoms with Crippen LogP contribution in [0.15, 0.2) is 48.7 Å². The van der Waals surface area contributed by atoms with Gasteiger partial charge in [0.25, 0.3) is 5.91 Å². The Hall–Kier alpha value is -2.81. The number of nitrogens with one attached hydrogen (secondary N) is 3. The van der Waals surface area contributed by atoms with Crippen molar-refractivity contribution in [3.8, 4) is 0 Å². The van der Waals surface area contributed by atoms with Crippen LogP contribution in [-0.2, 0) is 20.8 Å². The second kappa shape index (κ2) is 10.7. The smallest absolute Gasteiger partial charge is 0.267 e. The number of halogens is 1. The van der Waals surface area contributed by atoms with Crippen LogP contribution >= 0.6 is 0 Å². The summed E-state index contributed by atoms with van der Waals surface area (Å²) in [4.78, 5) is 21.5. The first kappa shape index (κ1) is 22.4. The molecule has 4 rings (SSSR count). The highest BCUT2D eigenvalue weighted by molar-refractivity contribution is 5.90. The van der Waals surface area contributed by atoms with E-state index >= 15 is 0 Å². The Balaban J connectivity index is 1.35. The molecule has 2 aromatic rings. The Labute approximate surface area is 187 Å². The average Bonchev–Trinajstić information content (AvgIpc) is 3.27. The highest BCUT2D eigenvalue weighted by Gasteiger charge is 2.35. The summed E-state index contributed by atoms with van der Waals surface area (Å²) >= 11 is 0. The Kier molecular flexibility index (Phi) is 7.47. The third kappa shape index (κ3) is 6.12. The first-order valence-electron chi connectivity index (χ1n) is 11.1. The van der Waals surface area contributed by atoms with E-state index in [-0.39, 0.29) is 11.4 Å². The van der Waals surface area contributed by atoms with E-state index < -0.39 is 18.0 Å². The summed E-state index contributed by atoms with van der Waals surface area (Å²) in [5.74, 6) is -0.691. The quantitative estimate of drug-likeness (QED) is 0.432. The maximum absolute atomic E-state index is 14.8. The van der Waals surface area contributed by atoms with Crippen molar-refractivity contribution in [3.05, 3.63) is 65.6 Å². The van der Waals surface area contributed by atoms with Crippen molar-refractivity contribution >= 4 is 17.8 Å². The van der Waals surface area contributed by atoms with Crippen LogP contribution in [0.3, 0.4) is 0 Å². The van der Waals surface area contributed by atoms with Crippen LogP contribution in [0.2, 0.25) is 0 Å². The minimum absolute atomic E-state index is 0.212. The summed E-state index contributed by atoms with van der Waals surface area (Å²) in [5.41, 5.74) is 3.72. The van der Waals surface area contributed by atoms with E-state index in [4.69, 9.17) is 9.57 Å². The average molecular weight is 441 g/mol. The molecule has 3 N–H and O–H groups in total. The third-order valence-electron chi connectivity index (χ3n) is 5.73. The van der Waals surface area contributed by atoms with Crippen molar-refractivity contribution in [1.82, 2.24) is 15.8 Å². The first-order valence-corrected chi connectivity index (χ1v) is 11.1. The Morgan fingerprint density at radius 3 is 2.94 bits per heavy atom. The van der Waals surface area contributed by atoms with Crippen LogP contribution in [0.4, 0.5) is 10.2 Å². The molecule has 8 heteroatoms. The molecule has 32 heavy (non-hydrogen) atoms. The molecule has 3 heterocycles. The van der Waals surface area contributed by atoms with Gasteiger partial charge in [0, 0.05) is 31.8 Å². The van der Waals surface area contributed by atoms with Gasteiger partial charge in [0.05, 0.1) is 5.54 Å². The van der Waals surface area contributed by atoms with Crippen molar-refractivity contribution in [2.45, 2.75) is 43.9 Å². The summed E-state index contributed by atoms with van der Waals surface area (Å²) in [7, 11) is 0. The van der Waals surface area contributed by atoms with Gasteiger partial charge in [-0.15, -0.1) is 0 Å². The van der Waals surface area contributed by atoms with Crippen molar-refractivity contribution in [2.75, 3.05) is 25.0 Å². The lowest BCUT2D eigenvalue weighted by Gasteiger charge is -2.30. The van der Waals surface area contributed by atoms with Gasteiger partial charge in [0.1, 0.15) is 0 Å². The van der Waals surface area contributed by atoms with Crippen LogP contribution in [0, 0.1) is 5.82 Å². The fourth-order valence-corrected chi connectivity index (χ4v) is 4.05. The topological polar surface area (TPSA) is 84.5 Å². The van der Waals surface area contributed by atoms with Gasteiger partial charge >= 0.3 is 0 Å². The molecule has 2 atom stereocenters. The predicted molar refractivity (Wildman–Crippen MR) is 120 cm³/mol. The number of nitrogens with zero attached hydrogens (tertiary/aromatic N) is 1. The molecule has 170 valence electrons. The third-order valence-corrected chi connectivity index (χ3v) is 5.73. The molecule has 2 saturated heterocycles. The Morgan fingerprint density at radius 1 is 1.34 bits per heavy atom. The normalized spacial score (nSPS) is 23.3. The number of hydrogen-bond acceptors (Lipinski definition) is 6. The number of carbonyl (C=O) groups excluding carboxylic acids is 1. The summed E-state index contributed by atoms with van der Waals surface area (Å²) in [6, 6.07) is 11.5. The van der Waals surface area contributed by atoms with Crippen LogP contribution in [0.5, 0.6) is 0 Å². The molecule has 2 aliphatic heterocycles. The molecule has 1 unspecified atom stereocenters.